The average molecular weight is 372 g/mol. The van der Waals surface area contributed by atoms with E-state index in [1.807, 2.05) is 20.8 Å². The average Bonchev–Trinajstić information content (AvgIpc) is 2.86. The van der Waals surface area contributed by atoms with Crippen LogP contribution in [0.2, 0.25) is 0 Å². The van der Waals surface area contributed by atoms with Gasteiger partial charge in [0.05, 0.1) is 5.69 Å². The largest absolute Gasteiger partial charge is 0.327 e. The minimum atomic E-state index is -0.618. The van der Waals surface area contributed by atoms with Gasteiger partial charge in [0, 0.05) is 25.2 Å². The molecule has 1 aromatic carbocycles. The van der Waals surface area contributed by atoms with Crippen molar-refractivity contribution in [3.8, 4) is 0 Å². The van der Waals surface area contributed by atoms with Crippen LogP contribution in [-0.4, -0.2) is 20.4 Å². The summed E-state index contributed by atoms with van der Waals surface area (Å²) >= 11 is 0. The number of nitrogens with zero attached hydrogens (tertiary/aromatic N) is 3. The molecule has 142 valence electrons. The number of hydrogen-bond donors (Lipinski definition) is 1. The first kappa shape index (κ1) is 18.9. The van der Waals surface area contributed by atoms with Crippen molar-refractivity contribution in [2.75, 3.05) is 5.32 Å². The lowest BCUT2D eigenvalue weighted by atomic mass is 9.92. The molecule has 0 radical (unpaired) electrons. The van der Waals surface area contributed by atoms with Gasteiger partial charge in [-0.05, 0) is 36.1 Å². The topological polar surface area (TPSA) is 59.8 Å². The van der Waals surface area contributed by atoms with Gasteiger partial charge in [-0.2, -0.15) is 0 Å². The molecule has 1 amide bonds. The number of aromatic nitrogens is 3. The molecule has 0 saturated carbocycles. The van der Waals surface area contributed by atoms with Gasteiger partial charge in [0.2, 0.25) is 5.91 Å². The number of halogens is 2. The Morgan fingerprint density at radius 2 is 1.81 bits per heavy atom. The normalized spacial score (nSPS) is 11.8. The lowest BCUT2D eigenvalue weighted by Gasteiger charge is -2.17. The molecule has 0 bridgehead atoms. The van der Waals surface area contributed by atoms with Gasteiger partial charge in [-0.15, -0.1) is 0 Å². The molecule has 3 rings (SSSR count). The van der Waals surface area contributed by atoms with Crippen molar-refractivity contribution in [1.29, 1.82) is 0 Å². The Morgan fingerprint density at radius 3 is 2.44 bits per heavy atom. The fourth-order valence-corrected chi connectivity index (χ4v) is 2.88. The van der Waals surface area contributed by atoms with Gasteiger partial charge in [0.25, 0.3) is 0 Å². The molecule has 0 unspecified atom stereocenters. The highest BCUT2D eigenvalue weighted by Gasteiger charge is 2.18. The number of benzene rings is 1. The highest BCUT2D eigenvalue weighted by atomic mass is 19.1. The van der Waals surface area contributed by atoms with Crippen molar-refractivity contribution < 1.29 is 13.6 Å². The molecule has 5 nitrogen and oxygen atoms in total. The van der Waals surface area contributed by atoms with Gasteiger partial charge in [-0.3, -0.25) is 4.79 Å². The van der Waals surface area contributed by atoms with Crippen LogP contribution in [0.5, 0.6) is 0 Å². The van der Waals surface area contributed by atoms with E-state index in [2.05, 4.69) is 15.3 Å². The van der Waals surface area contributed by atoms with Crippen LogP contribution in [-0.2, 0) is 11.3 Å². The number of amides is 1. The molecular formula is C20H22F2N4O. The van der Waals surface area contributed by atoms with Crippen LogP contribution in [0.4, 0.5) is 14.6 Å². The van der Waals surface area contributed by atoms with E-state index in [9.17, 15) is 13.6 Å². The summed E-state index contributed by atoms with van der Waals surface area (Å²) in [6.45, 7) is 8.00. The van der Waals surface area contributed by atoms with Gasteiger partial charge in [-0.1, -0.05) is 20.8 Å². The Bertz CT molecular complexity index is 985. The highest BCUT2D eigenvalue weighted by molar-refractivity contribution is 5.91. The second-order valence-electron chi connectivity index (χ2n) is 7.87. The lowest BCUT2D eigenvalue weighted by Crippen LogP contribution is -2.21. The van der Waals surface area contributed by atoms with Crippen molar-refractivity contribution in [2.24, 2.45) is 5.41 Å². The van der Waals surface area contributed by atoms with Gasteiger partial charge >= 0.3 is 0 Å². The van der Waals surface area contributed by atoms with Gasteiger partial charge < -0.3 is 9.88 Å². The lowest BCUT2D eigenvalue weighted by molar-refractivity contribution is -0.117. The summed E-state index contributed by atoms with van der Waals surface area (Å²) in [5, 5.41) is 2.81. The summed E-state index contributed by atoms with van der Waals surface area (Å²) in [7, 11) is 0. The predicted octanol–water partition coefficient (Wildman–Crippen LogP) is 4.44. The Morgan fingerprint density at radius 1 is 1.15 bits per heavy atom. The van der Waals surface area contributed by atoms with Crippen molar-refractivity contribution in [1.82, 2.24) is 14.5 Å². The molecule has 0 aliphatic rings. The number of anilines is 1. The molecule has 27 heavy (non-hydrogen) atoms. The van der Waals surface area contributed by atoms with E-state index in [-0.39, 0.29) is 17.9 Å². The van der Waals surface area contributed by atoms with Crippen molar-refractivity contribution in [3.05, 3.63) is 53.4 Å². The number of carbonyl (C=O) groups excluding carboxylic acids is 1. The van der Waals surface area contributed by atoms with Gasteiger partial charge in [-0.25, -0.2) is 18.7 Å². The Hall–Kier alpha value is -2.83. The van der Waals surface area contributed by atoms with Gasteiger partial charge in [0.15, 0.2) is 11.5 Å². The molecule has 7 heteroatoms. The van der Waals surface area contributed by atoms with Crippen LogP contribution in [0.15, 0.2) is 30.5 Å². The number of nitrogens with one attached hydrogen (secondary N) is 1. The summed E-state index contributed by atoms with van der Waals surface area (Å²) in [4.78, 5) is 21.2. The summed E-state index contributed by atoms with van der Waals surface area (Å²) in [6.07, 6.45) is 2.13. The molecule has 0 aliphatic heterocycles. The third kappa shape index (κ3) is 4.67. The molecule has 0 fully saturated rings. The first-order valence-electron chi connectivity index (χ1n) is 8.69. The maximum Gasteiger partial charge on any atom is 0.226 e. The third-order valence-corrected chi connectivity index (χ3v) is 3.99. The second-order valence-corrected chi connectivity index (χ2v) is 7.87. The van der Waals surface area contributed by atoms with Crippen LogP contribution >= 0.6 is 0 Å². The Kier molecular flexibility index (Phi) is 4.95. The quantitative estimate of drug-likeness (QED) is 0.736. The molecule has 0 aliphatic carbocycles. The number of aryl methyl sites for hydroxylation is 1. The Labute approximate surface area is 156 Å². The smallest absolute Gasteiger partial charge is 0.226 e. The molecule has 3 aromatic rings. The fourth-order valence-electron chi connectivity index (χ4n) is 2.88. The number of hydrogen-bond acceptors (Lipinski definition) is 3. The predicted molar refractivity (Wildman–Crippen MR) is 100 cm³/mol. The number of fused-ring (bicyclic) bond motifs is 1. The maximum atomic E-state index is 13.4. The number of rotatable bonds is 4. The zero-order valence-electron chi connectivity index (χ0n) is 15.8. The molecular weight excluding hydrogens is 350 g/mol. The minimum Gasteiger partial charge on any atom is -0.327 e. The van der Waals surface area contributed by atoms with E-state index in [1.165, 1.54) is 12.1 Å². The van der Waals surface area contributed by atoms with Crippen LogP contribution in [0, 0.1) is 24.0 Å². The van der Waals surface area contributed by atoms with Crippen LogP contribution < -0.4 is 5.32 Å². The van der Waals surface area contributed by atoms with Crippen LogP contribution in [0.1, 0.15) is 38.4 Å². The zero-order chi connectivity index (χ0) is 19.8. The molecule has 2 heterocycles. The summed E-state index contributed by atoms with van der Waals surface area (Å²) < 4.78 is 28.6. The number of carbonyl (C=O) groups is 1. The zero-order valence-corrected chi connectivity index (χ0v) is 15.8. The third-order valence-electron chi connectivity index (χ3n) is 3.99. The Balaban J connectivity index is 1.87. The van der Waals surface area contributed by atoms with E-state index in [0.29, 0.717) is 34.7 Å². The maximum absolute atomic E-state index is 13.4. The van der Waals surface area contributed by atoms with Gasteiger partial charge in [0.1, 0.15) is 17.2 Å². The first-order valence-corrected chi connectivity index (χ1v) is 8.69. The molecule has 2 aromatic heterocycles. The van der Waals surface area contributed by atoms with Crippen LogP contribution in [0.25, 0.3) is 11.2 Å². The molecule has 0 atom stereocenters. The minimum absolute atomic E-state index is 0.117. The van der Waals surface area contributed by atoms with E-state index in [0.717, 1.165) is 6.07 Å². The summed E-state index contributed by atoms with van der Waals surface area (Å²) in [5.74, 6) is -0.930. The summed E-state index contributed by atoms with van der Waals surface area (Å²) in [6, 6.07) is 5.18. The molecule has 0 saturated heterocycles. The standard InChI is InChI=1S/C20H22F2N4O/c1-12-18(25-17(27)10-20(2,3)4)24-16-5-6-26(19(16)23-12)11-13-7-14(21)9-15(22)8-13/h5-9H,10-11H2,1-4H3,(H,24,25,27). The van der Waals surface area contributed by atoms with Crippen molar-refractivity contribution >= 4 is 22.9 Å². The monoisotopic (exact) mass is 372 g/mol. The van der Waals surface area contributed by atoms with Crippen LogP contribution in [0.3, 0.4) is 0 Å². The van der Waals surface area contributed by atoms with Crippen molar-refractivity contribution in [3.63, 3.8) is 0 Å². The molecule has 1 N–H and O–H groups in total. The van der Waals surface area contributed by atoms with E-state index >= 15 is 0 Å². The first-order chi connectivity index (χ1) is 12.6. The molecule has 0 spiro atoms. The fraction of sp³-hybridized carbons (Fsp3) is 0.350. The highest BCUT2D eigenvalue weighted by Crippen LogP contribution is 2.22. The van der Waals surface area contributed by atoms with E-state index in [4.69, 9.17) is 0 Å². The SMILES string of the molecule is Cc1nc2c(ccn2Cc2cc(F)cc(F)c2)nc1NC(=O)CC(C)(C)C. The van der Waals surface area contributed by atoms with E-state index in [1.54, 1.807) is 23.8 Å². The second kappa shape index (κ2) is 7.06. The summed E-state index contributed by atoms with van der Waals surface area (Å²) in [5.41, 5.74) is 2.13. The van der Waals surface area contributed by atoms with Crippen molar-refractivity contribution in [2.45, 2.75) is 40.7 Å². The van der Waals surface area contributed by atoms with E-state index < -0.39 is 11.6 Å².